The summed E-state index contributed by atoms with van der Waals surface area (Å²) >= 11 is 0. The molecule has 0 fully saturated rings. The number of hydrogen-bond acceptors (Lipinski definition) is 1. The van der Waals surface area contributed by atoms with Gasteiger partial charge in [0, 0.05) is 6.21 Å². The fraction of sp³-hybridized carbons (Fsp3) is 0.0714. The van der Waals surface area contributed by atoms with E-state index in [-0.39, 0.29) is 0 Å². The SMILES string of the molecule is FC(F)(F)c1ccc(N=Cc2ccccc2)cc1. The van der Waals surface area contributed by atoms with Gasteiger partial charge in [-0.05, 0) is 29.8 Å². The van der Waals surface area contributed by atoms with Gasteiger partial charge in [-0.1, -0.05) is 30.3 Å². The van der Waals surface area contributed by atoms with Crippen LogP contribution in [0.3, 0.4) is 0 Å². The van der Waals surface area contributed by atoms with Crippen molar-refractivity contribution in [2.75, 3.05) is 0 Å². The van der Waals surface area contributed by atoms with Gasteiger partial charge in [0.15, 0.2) is 0 Å². The molecule has 4 heteroatoms. The lowest BCUT2D eigenvalue weighted by Crippen LogP contribution is -2.03. The Morgan fingerprint density at radius 2 is 1.44 bits per heavy atom. The van der Waals surface area contributed by atoms with Crippen LogP contribution in [-0.2, 0) is 6.18 Å². The molecule has 1 nitrogen and oxygen atoms in total. The lowest BCUT2D eigenvalue weighted by Gasteiger charge is -2.05. The Balaban J connectivity index is 2.14. The van der Waals surface area contributed by atoms with Gasteiger partial charge in [-0.2, -0.15) is 13.2 Å². The van der Waals surface area contributed by atoms with E-state index >= 15 is 0 Å². The van der Waals surface area contributed by atoms with Crippen molar-refractivity contribution in [2.24, 2.45) is 4.99 Å². The highest BCUT2D eigenvalue weighted by atomic mass is 19.4. The molecule has 0 N–H and O–H groups in total. The molecule has 92 valence electrons. The summed E-state index contributed by atoms with van der Waals surface area (Å²) < 4.78 is 37.0. The second-order valence-electron chi connectivity index (χ2n) is 3.71. The molecule has 2 rings (SSSR count). The van der Waals surface area contributed by atoms with Gasteiger partial charge in [-0.3, -0.25) is 4.99 Å². The van der Waals surface area contributed by atoms with Crippen molar-refractivity contribution in [2.45, 2.75) is 6.18 Å². The number of rotatable bonds is 2. The summed E-state index contributed by atoms with van der Waals surface area (Å²) in [6, 6.07) is 14.1. The van der Waals surface area contributed by atoms with Gasteiger partial charge in [-0.15, -0.1) is 0 Å². The summed E-state index contributed by atoms with van der Waals surface area (Å²) in [7, 11) is 0. The molecule has 0 amide bonds. The number of hydrogen-bond donors (Lipinski definition) is 0. The summed E-state index contributed by atoms with van der Waals surface area (Å²) in [5.74, 6) is 0. The van der Waals surface area contributed by atoms with Crippen LogP contribution in [0.5, 0.6) is 0 Å². The minimum atomic E-state index is -4.30. The van der Waals surface area contributed by atoms with Gasteiger partial charge in [-0.25, -0.2) is 0 Å². The lowest BCUT2D eigenvalue weighted by molar-refractivity contribution is -0.137. The normalized spacial score (nSPS) is 11.9. The number of nitrogens with zero attached hydrogens (tertiary/aromatic N) is 1. The maximum Gasteiger partial charge on any atom is 0.416 e. The molecule has 0 saturated heterocycles. The number of benzene rings is 2. The zero-order chi connectivity index (χ0) is 13.0. The molecule has 0 saturated carbocycles. The Labute approximate surface area is 103 Å². The molecule has 0 atom stereocenters. The molecule has 0 heterocycles. The predicted octanol–water partition coefficient (Wildman–Crippen LogP) is 4.46. The summed E-state index contributed by atoms with van der Waals surface area (Å²) in [5.41, 5.74) is 0.727. The fourth-order valence-corrected chi connectivity index (χ4v) is 1.42. The van der Waals surface area contributed by atoms with Gasteiger partial charge in [0.1, 0.15) is 0 Å². The first-order valence-electron chi connectivity index (χ1n) is 5.32. The standard InChI is InChI=1S/C14H10F3N/c15-14(16,17)12-6-8-13(9-7-12)18-10-11-4-2-1-3-5-11/h1-10H. The van der Waals surface area contributed by atoms with Crippen LogP contribution >= 0.6 is 0 Å². The van der Waals surface area contributed by atoms with E-state index in [0.29, 0.717) is 5.69 Å². The highest BCUT2D eigenvalue weighted by Crippen LogP contribution is 2.30. The first-order valence-corrected chi connectivity index (χ1v) is 5.32. The van der Waals surface area contributed by atoms with Gasteiger partial charge < -0.3 is 0 Å². The van der Waals surface area contributed by atoms with Crippen LogP contribution in [0.15, 0.2) is 59.6 Å². The number of aliphatic imine (C=N–C) groups is 1. The van der Waals surface area contributed by atoms with E-state index in [1.807, 2.05) is 30.3 Å². The summed E-state index contributed by atoms with van der Waals surface area (Å²) in [4.78, 5) is 4.11. The molecule has 18 heavy (non-hydrogen) atoms. The zero-order valence-corrected chi connectivity index (χ0v) is 9.35. The van der Waals surface area contributed by atoms with Gasteiger partial charge in [0.05, 0.1) is 11.3 Å². The molecule has 2 aromatic carbocycles. The van der Waals surface area contributed by atoms with Gasteiger partial charge in [0.25, 0.3) is 0 Å². The Bertz CT molecular complexity index is 527. The predicted molar refractivity (Wildman–Crippen MR) is 65.1 cm³/mol. The molecular formula is C14H10F3N. The van der Waals surface area contributed by atoms with Crippen LogP contribution in [-0.4, -0.2) is 6.21 Å². The topological polar surface area (TPSA) is 12.4 Å². The van der Waals surface area contributed by atoms with Crippen molar-refractivity contribution in [1.29, 1.82) is 0 Å². The monoisotopic (exact) mass is 249 g/mol. The minimum absolute atomic E-state index is 0.492. The summed E-state index contributed by atoms with van der Waals surface area (Å²) in [6.45, 7) is 0. The molecule has 0 aliphatic carbocycles. The van der Waals surface area contributed by atoms with Crippen molar-refractivity contribution < 1.29 is 13.2 Å². The van der Waals surface area contributed by atoms with Crippen LogP contribution < -0.4 is 0 Å². The molecule has 0 bridgehead atoms. The number of halogens is 3. The molecule has 0 aromatic heterocycles. The van der Waals surface area contributed by atoms with E-state index in [4.69, 9.17) is 0 Å². The van der Waals surface area contributed by atoms with Gasteiger partial charge in [0.2, 0.25) is 0 Å². The Morgan fingerprint density at radius 3 is 2.00 bits per heavy atom. The van der Waals surface area contributed by atoms with Crippen molar-refractivity contribution >= 4 is 11.9 Å². The third-order valence-electron chi connectivity index (χ3n) is 2.36. The van der Waals surface area contributed by atoms with E-state index in [1.54, 1.807) is 6.21 Å². The van der Waals surface area contributed by atoms with Crippen LogP contribution in [0.2, 0.25) is 0 Å². The Morgan fingerprint density at radius 1 is 0.833 bits per heavy atom. The Hall–Kier alpha value is -2.10. The maximum absolute atomic E-state index is 12.3. The van der Waals surface area contributed by atoms with Crippen molar-refractivity contribution in [3.8, 4) is 0 Å². The maximum atomic E-state index is 12.3. The van der Waals surface area contributed by atoms with E-state index in [1.165, 1.54) is 12.1 Å². The third kappa shape index (κ3) is 3.20. The Kier molecular flexibility index (Phi) is 3.46. The molecule has 0 aliphatic heterocycles. The van der Waals surface area contributed by atoms with Crippen molar-refractivity contribution in [3.05, 3.63) is 65.7 Å². The molecule has 0 spiro atoms. The average molecular weight is 249 g/mol. The van der Waals surface area contributed by atoms with E-state index in [0.717, 1.165) is 17.7 Å². The van der Waals surface area contributed by atoms with E-state index in [9.17, 15) is 13.2 Å². The van der Waals surface area contributed by atoms with Gasteiger partial charge >= 0.3 is 6.18 Å². The number of alkyl halides is 3. The fourth-order valence-electron chi connectivity index (χ4n) is 1.42. The van der Waals surface area contributed by atoms with Crippen LogP contribution in [0.4, 0.5) is 18.9 Å². The van der Waals surface area contributed by atoms with E-state index < -0.39 is 11.7 Å². The highest BCUT2D eigenvalue weighted by molar-refractivity contribution is 5.81. The second kappa shape index (κ2) is 5.04. The third-order valence-corrected chi connectivity index (χ3v) is 2.36. The second-order valence-corrected chi connectivity index (χ2v) is 3.71. The zero-order valence-electron chi connectivity index (χ0n) is 9.35. The molecular weight excluding hydrogens is 239 g/mol. The highest BCUT2D eigenvalue weighted by Gasteiger charge is 2.29. The first kappa shape index (κ1) is 12.4. The van der Waals surface area contributed by atoms with Crippen LogP contribution in [0, 0.1) is 0 Å². The molecule has 2 aromatic rings. The largest absolute Gasteiger partial charge is 0.416 e. The smallest absolute Gasteiger partial charge is 0.256 e. The quantitative estimate of drug-likeness (QED) is 0.697. The molecule has 0 aliphatic rings. The van der Waals surface area contributed by atoms with Crippen LogP contribution in [0.25, 0.3) is 0 Å². The van der Waals surface area contributed by atoms with E-state index in [2.05, 4.69) is 4.99 Å². The average Bonchev–Trinajstić information content (AvgIpc) is 2.37. The summed E-state index contributed by atoms with van der Waals surface area (Å²) in [5, 5.41) is 0. The lowest BCUT2D eigenvalue weighted by atomic mass is 10.2. The minimum Gasteiger partial charge on any atom is -0.256 e. The molecule has 0 unspecified atom stereocenters. The molecule has 0 radical (unpaired) electrons. The van der Waals surface area contributed by atoms with Crippen LogP contribution in [0.1, 0.15) is 11.1 Å². The summed E-state index contributed by atoms with van der Waals surface area (Å²) in [6.07, 6.45) is -2.69. The van der Waals surface area contributed by atoms with Crippen molar-refractivity contribution in [1.82, 2.24) is 0 Å². The van der Waals surface area contributed by atoms with Crippen molar-refractivity contribution in [3.63, 3.8) is 0 Å². The first-order chi connectivity index (χ1) is 8.55.